The Hall–Kier alpha value is -2.18. The number of primary amides is 1. The standard InChI is InChI=1S/C20H23N3O2S/c1-12-18(13-7-9-23(12)10-8-13)22-20(25)17-6-5-16(26-17)14-3-2-4-15(11-14)19(21)24/h2-6,11-13,18H,7-10H2,1H3,(H2,21,24)(H,22,25). The molecular formula is C20H23N3O2S. The van der Waals surface area contributed by atoms with Gasteiger partial charge in [0.2, 0.25) is 5.91 Å². The Kier molecular flexibility index (Phi) is 4.54. The number of hydrogen-bond donors (Lipinski definition) is 2. The Bertz CT molecular complexity index is 837. The molecule has 1 aromatic carbocycles. The van der Waals surface area contributed by atoms with Crippen LogP contribution in [0.3, 0.4) is 0 Å². The molecule has 1 aromatic heterocycles. The Morgan fingerprint density at radius 1 is 1.19 bits per heavy atom. The molecular weight excluding hydrogens is 346 g/mol. The van der Waals surface area contributed by atoms with Crippen LogP contribution < -0.4 is 11.1 Å². The van der Waals surface area contributed by atoms with Gasteiger partial charge in [-0.25, -0.2) is 0 Å². The molecule has 0 saturated carbocycles. The van der Waals surface area contributed by atoms with Crippen molar-refractivity contribution in [2.24, 2.45) is 11.7 Å². The Morgan fingerprint density at radius 3 is 2.65 bits per heavy atom. The van der Waals surface area contributed by atoms with Gasteiger partial charge in [0.25, 0.3) is 5.91 Å². The lowest BCUT2D eigenvalue weighted by atomic mass is 9.79. The van der Waals surface area contributed by atoms with E-state index in [1.165, 1.54) is 24.2 Å². The summed E-state index contributed by atoms with van der Waals surface area (Å²) >= 11 is 1.45. The first-order valence-corrected chi connectivity index (χ1v) is 9.89. The third kappa shape index (κ3) is 3.15. The normalized spacial score (nSPS) is 27.3. The minimum absolute atomic E-state index is 0.00194. The lowest BCUT2D eigenvalue weighted by Crippen LogP contribution is -2.62. The van der Waals surface area contributed by atoms with E-state index in [2.05, 4.69) is 17.1 Å². The number of rotatable bonds is 4. The highest BCUT2D eigenvalue weighted by Crippen LogP contribution is 2.33. The molecule has 2 bridgehead atoms. The van der Waals surface area contributed by atoms with Gasteiger partial charge < -0.3 is 11.1 Å². The van der Waals surface area contributed by atoms with Crippen molar-refractivity contribution in [3.63, 3.8) is 0 Å². The number of nitrogens with two attached hydrogens (primary N) is 1. The number of benzene rings is 1. The molecule has 2 atom stereocenters. The van der Waals surface area contributed by atoms with E-state index in [1.54, 1.807) is 12.1 Å². The fourth-order valence-electron chi connectivity index (χ4n) is 4.21. The zero-order chi connectivity index (χ0) is 18.3. The number of thiophene rings is 1. The van der Waals surface area contributed by atoms with Gasteiger partial charge in [-0.05, 0) is 68.6 Å². The molecule has 6 heteroatoms. The van der Waals surface area contributed by atoms with E-state index in [9.17, 15) is 9.59 Å². The summed E-state index contributed by atoms with van der Waals surface area (Å²) in [4.78, 5) is 28.3. The highest BCUT2D eigenvalue weighted by Gasteiger charge is 2.40. The maximum absolute atomic E-state index is 12.8. The molecule has 2 aromatic rings. The van der Waals surface area contributed by atoms with Crippen molar-refractivity contribution >= 4 is 23.2 Å². The van der Waals surface area contributed by atoms with Crippen molar-refractivity contribution in [1.82, 2.24) is 10.2 Å². The van der Waals surface area contributed by atoms with Gasteiger partial charge >= 0.3 is 0 Å². The SMILES string of the molecule is CC1C(NC(=O)c2ccc(-c3cccc(C(N)=O)c3)s2)C2CCN1CC2. The Balaban J connectivity index is 1.50. The smallest absolute Gasteiger partial charge is 0.261 e. The minimum Gasteiger partial charge on any atom is -0.366 e. The topological polar surface area (TPSA) is 75.4 Å². The minimum atomic E-state index is -0.447. The van der Waals surface area contributed by atoms with Crippen LogP contribution in [-0.2, 0) is 0 Å². The van der Waals surface area contributed by atoms with E-state index in [4.69, 9.17) is 5.73 Å². The van der Waals surface area contributed by atoms with Crippen LogP contribution in [0.4, 0.5) is 0 Å². The van der Waals surface area contributed by atoms with Crippen molar-refractivity contribution in [3.8, 4) is 10.4 Å². The number of nitrogens with zero attached hydrogens (tertiary/aromatic N) is 1. The molecule has 5 nitrogen and oxygen atoms in total. The zero-order valence-corrected chi connectivity index (χ0v) is 15.6. The number of amides is 2. The van der Waals surface area contributed by atoms with Crippen LogP contribution in [0.25, 0.3) is 10.4 Å². The van der Waals surface area contributed by atoms with Crippen LogP contribution in [0.1, 0.15) is 39.8 Å². The first-order chi connectivity index (χ1) is 12.5. The number of carbonyl (C=O) groups is 2. The van der Waals surface area contributed by atoms with Gasteiger partial charge in [-0.15, -0.1) is 11.3 Å². The average molecular weight is 369 g/mol. The van der Waals surface area contributed by atoms with Crippen LogP contribution in [-0.4, -0.2) is 41.9 Å². The monoisotopic (exact) mass is 369 g/mol. The second kappa shape index (κ2) is 6.85. The first-order valence-electron chi connectivity index (χ1n) is 9.08. The summed E-state index contributed by atoms with van der Waals surface area (Å²) in [5, 5.41) is 3.27. The quantitative estimate of drug-likeness (QED) is 0.870. The number of nitrogens with one attached hydrogen (secondary N) is 1. The van der Waals surface area contributed by atoms with Crippen molar-refractivity contribution in [3.05, 3.63) is 46.8 Å². The molecule has 3 aliphatic heterocycles. The predicted octanol–water partition coefficient (Wildman–Crippen LogP) is 2.73. The summed E-state index contributed by atoms with van der Waals surface area (Å²) in [6.07, 6.45) is 2.34. The van der Waals surface area contributed by atoms with Crippen LogP contribution in [0, 0.1) is 5.92 Å². The molecule has 136 valence electrons. The van der Waals surface area contributed by atoms with Crippen molar-refractivity contribution < 1.29 is 9.59 Å². The van der Waals surface area contributed by atoms with E-state index in [1.807, 2.05) is 24.3 Å². The summed E-state index contributed by atoms with van der Waals surface area (Å²) in [5.41, 5.74) is 6.74. The van der Waals surface area contributed by atoms with Gasteiger partial charge in [-0.2, -0.15) is 0 Å². The predicted molar refractivity (Wildman–Crippen MR) is 103 cm³/mol. The summed E-state index contributed by atoms with van der Waals surface area (Å²) in [7, 11) is 0. The average Bonchev–Trinajstić information content (AvgIpc) is 3.15. The molecule has 0 radical (unpaired) electrons. The van der Waals surface area contributed by atoms with Gasteiger partial charge in [-0.3, -0.25) is 14.5 Å². The van der Waals surface area contributed by atoms with Crippen LogP contribution in [0.5, 0.6) is 0 Å². The van der Waals surface area contributed by atoms with E-state index >= 15 is 0 Å². The highest BCUT2D eigenvalue weighted by atomic mass is 32.1. The summed E-state index contributed by atoms with van der Waals surface area (Å²) in [6.45, 7) is 4.51. The molecule has 3 saturated heterocycles. The Morgan fingerprint density at radius 2 is 1.96 bits per heavy atom. The summed E-state index contributed by atoms with van der Waals surface area (Å²) in [6, 6.07) is 11.6. The molecule has 3 aliphatic rings. The second-order valence-corrected chi connectivity index (χ2v) is 8.31. The van der Waals surface area contributed by atoms with Crippen molar-refractivity contribution in [2.75, 3.05) is 13.1 Å². The van der Waals surface area contributed by atoms with E-state index < -0.39 is 5.91 Å². The van der Waals surface area contributed by atoms with Gasteiger partial charge in [0, 0.05) is 22.5 Å². The van der Waals surface area contributed by atoms with E-state index in [0.29, 0.717) is 22.4 Å². The Labute approximate surface area is 157 Å². The van der Waals surface area contributed by atoms with Crippen molar-refractivity contribution in [1.29, 1.82) is 0 Å². The zero-order valence-electron chi connectivity index (χ0n) is 14.8. The van der Waals surface area contributed by atoms with E-state index in [0.717, 1.165) is 23.5 Å². The van der Waals surface area contributed by atoms with E-state index in [-0.39, 0.29) is 11.9 Å². The van der Waals surface area contributed by atoms with Gasteiger partial charge in [0.1, 0.15) is 0 Å². The number of carbonyl (C=O) groups excluding carboxylic acids is 2. The largest absolute Gasteiger partial charge is 0.366 e. The molecule has 0 spiro atoms. The number of piperidine rings is 3. The van der Waals surface area contributed by atoms with Gasteiger partial charge in [0.05, 0.1) is 4.88 Å². The lowest BCUT2D eigenvalue weighted by molar-refractivity contribution is 0.0218. The third-order valence-electron chi connectivity index (χ3n) is 5.74. The first kappa shape index (κ1) is 17.2. The number of fused-ring (bicyclic) bond motifs is 3. The molecule has 4 heterocycles. The molecule has 5 rings (SSSR count). The van der Waals surface area contributed by atoms with Crippen molar-refractivity contribution in [2.45, 2.75) is 31.8 Å². The maximum atomic E-state index is 12.8. The molecule has 26 heavy (non-hydrogen) atoms. The van der Waals surface area contributed by atoms with Crippen LogP contribution in [0.2, 0.25) is 0 Å². The maximum Gasteiger partial charge on any atom is 0.261 e. The van der Waals surface area contributed by atoms with Crippen LogP contribution >= 0.6 is 11.3 Å². The fourth-order valence-corrected chi connectivity index (χ4v) is 5.11. The third-order valence-corrected chi connectivity index (χ3v) is 6.87. The molecule has 3 fully saturated rings. The molecule has 0 aliphatic carbocycles. The van der Waals surface area contributed by atoms with Crippen LogP contribution in [0.15, 0.2) is 36.4 Å². The lowest BCUT2D eigenvalue weighted by Gasteiger charge is -2.49. The molecule has 3 N–H and O–H groups in total. The number of hydrogen-bond acceptors (Lipinski definition) is 4. The summed E-state index contributed by atoms with van der Waals surface area (Å²) < 4.78 is 0. The van der Waals surface area contributed by atoms with Gasteiger partial charge in [-0.1, -0.05) is 12.1 Å². The second-order valence-electron chi connectivity index (χ2n) is 7.22. The summed E-state index contributed by atoms with van der Waals surface area (Å²) in [5.74, 6) is 0.140. The molecule has 2 amide bonds. The molecule has 2 unspecified atom stereocenters. The fraction of sp³-hybridized carbons (Fsp3) is 0.400. The highest BCUT2D eigenvalue weighted by molar-refractivity contribution is 7.17. The van der Waals surface area contributed by atoms with Gasteiger partial charge in [0.15, 0.2) is 0 Å².